The number of halogens is 7. The largest absolute Gasteiger partial charge is 0.479 e. The van der Waals surface area contributed by atoms with E-state index in [4.69, 9.17) is 38.1 Å². The van der Waals surface area contributed by atoms with Crippen molar-refractivity contribution in [1.82, 2.24) is 0 Å². The number of nitrogens with zero attached hydrogens (tertiary/aromatic N) is 4. The van der Waals surface area contributed by atoms with Gasteiger partial charge in [0, 0.05) is 55.4 Å². The summed E-state index contributed by atoms with van der Waals surface area (Å²) in [4.78, 5) is 63.8. The van der Waals surface area contributed by atoms with Gasteiger partial charge < -0.3 is 15.3 Å². The summed E-state index contributed by atoms with van der Waals surface area (Å²) >= 11 is 15.8. The smallest absolute Gasteiger partial charge is 0.339 e. The highest BCUT2D eigenvalue weighted by Gasteiger charge is 2.82. The van der Waals surface area contributed by atoms with Crippen LogP contribution < -0.4 is 10.1 Å². The van der Waals surface area contributed by atoms with E-state index in [1.165, 1.54) is 42.4 Å². The van der Waals surface area contributed by atoms with E-state index in [9.17, 15) is 39.8 Å². The second-order valence-electron chi connectivity index (χ2n) is 23.6. The molecule has 8 aliphatic carbocycles. The number of fused-ring (bicyclic) bond motifs is 14. The van der Waals surface area contributed by atoms with Gasteiger partial charge in [-0.15, -0.1) is 0 Å². The summed E-state index contributed by atoms with van der Waals surface area (Å²) < 4.78 is 66.1. The highest BCUT2D eigenvalue weighted by Crippen LogP contribution is 2.75. The van der Waals surface area contributed by atoms with E-state index in [0.717, 1.165) is 17.8 Å². The number of carboxylic acid groups (broad SMARTS) is 1. The molecule has 0 spiro atoms. The number of allylic oxidation sites excluding steroid dienone is 8. The quantitative estimate of drug-likeness (QED) is 0.189. The molecule has 18 atom stereocenters. The van der Waals surface area contributed by atoms with Crippen LogP contribution in [0.3, 0.4) is 0 Å². The van der Waals surface area contributed by atoms with Gasteiger partial charge in [-0.1, -0.05) is 76.9 Å². The lowest BCUT2D eigenvalue weighted by Crippen LogP contribution is -2.70. The van der Waals surface area contributed by atoms with Gasteiger partial charge in [0.25, 0.3) is 0 Å². The molecule has 79 heavy (non-hydrogen) atoms. The lowest BCUT2D eigenvalue weighted by atomic mass is 9.44. The number of thioether (sulfide) groups is 1. The Morgan fingerprint density at radius 1 is 0.696 bits per heavy atom. The number of hydroxylamine groups is 2. The van der Waals surface area contributed by atoms with Crippen LogP contribution in [0.15, 0.2) is 96.1 Å². The first-order chi connectivity index (χ1) is 37.2. The van der Waals surface area contributed by atoms with Crippen molar-refractivity contribution in [2.24, 2.45) is 57.2 Å². The van der Waals surface area contributed by atoms with Gasteiger partial charge in [0.1, 0.15) is 12.3 Å². The van der Waals surface area contributed by atoms with Gasteiger partial charge in [0.05, 0.1) is 59.9 Å². The molecule has 2 aromatic carbocycles. The molecule has 12 rings (SSSR count). The first-order valence-electron chi connectivity index (χ1n) is 26.3. The number of carbonyl (C=O) groups is 4. The summed E-state index contributed by atoms with van der Waals surface area (Å²) in [6, 6.07) is 17.7. The minimum atomic E-state index is -2.25. The molecule has 420 valence electrons. The molecule has 0 bridgehead atoms. The van der Waals surface area contributed by atoms with E-state index >= 15 is 17.6 Å². The maximum absolute atomic E-state index is 17.5. The molecule has 2 saturated heterocycles. The third kappa shape index (κ3) is 8.00. The molecule has 0 unspecified atom stereocenters. The van der Waals surface area contributed by atoms with Crippen molar-refractivity contribution in [1.29, 1.82) is 10.5 Å². The number of ketones is 2. The average molecular weight is 1210 g/mol. The Balaban J connectivity index is 0.000000167. The predicted octanol–water partition coefficient (Wildman–Crippen LogP) is 10.5. The Morgan fingerprint density at radius 2 is 1.09 bits per heavy atom. The van der Waals surface area contributed by atoms with Crippen molar-refractivity contribution in [2.75, 3.05) is 34.3 Å². The molecular weight excluding hydrogens is 1160 g/mol. The van der Waals surface area contributed by atoms with E-state index in [1.807, 2.05) is 19.1 Å². The number of hydrogen-bond acceptors (Lipinski definition) is 13. The van der Waals surface area contributed by atoms with Crippen LogP contribution in [0.1, 0.15) is 66.2 Å². The van der Waals surface area contributed by atoms with Crippen LogP contribution in [0.4, 0.5) is 28.9 Å². The maximum atomic E-state index is 17.5. The van der Waals surface area contributed by atoms with E-state index in [0.29, 0.717) is 46.1 Å². The molecule has 0 aromatic heterocycles. The molecule has 10 aliphatic rings. The summed E-state index contributed by atoms with van der Waals surface area (Å²) in [5.74, 6) is -5.79. The molecule has 21 heteroatoms. The van der Waals surface area contributed by atoms with Gasteiger partial charge in [-0.2, -0.15) is 10.5 Å². The summed E-state index contributed by atoms with van der Waals surface area (Å²) in [6.45, 7) is 7.28. The topological polar surface area (TPSA) is 201 Å². The molecule has 8 fully saturated rings. The van der Waals surface area contributed by atoms with Gasteiger partial charge in [0.2, 0.25) is 10.7 Å². The highest BCUT2D eigenvalue weighted by atomic mass is 79.9. The minimum absolute atomic E-state index is 0.0488. The molecule has 0 radical (unpaired) electrons. The van der Waals surface area contributed by atoms with Crippen LogP contribution >= 0.6 is 50.9 Å². The lowest BCUT2D eigenvalue weighted by molar-refractivity contribution is -0.233. The zero-order valence-electron chi connectivity index (χ0n) is 43.6. The van der Waals surface area contributed by atoms with E-state index in [1.54, 1.807) is 67.4 Å². The Hall–Kier alpha value is -4.57. The first-order valence-corrected chi connectivity index (χ1v) is 29.2. The SMILES string of the molecule is C[C@]12C=CC(=O)C=C1[C@@H](F)C[C@H]1[C@@H]3C[C@H]4CN(c5ccc(Cl)cc5)O[C@@]4(C(=O)O)[C@@]3(C)C[C@H](O)[C@@]12F.C[C@]12C=CC(=O)C=C1[C@@H](F)C[C@H]1[C@@H]3C[C@H]4CN(c5ccc(Cl)cc5)O[C@@]4(C(=O)SCC#N)[C@@]3(C)C[C@H](O)[C@@]12F.N#CCBr. The second kappa shape index (κ2) is 20.1. The van der Waals surface area contributed by atoms with Crippen LogP contribution in [-0.2, 0) is 28.9 Å². The number of nitriles is 2. The standard InChI is InChI=1S/C29H29ClF2N2O4S.C27H28ClF2NO5.C2H2BrN/c1-26-8-7-19(35)12-22(26)23(31)13-21-20-11-16-15-34(18-5-3-17(30)4-6-18)38-29(16,25(37)39-10-9-33)27(20,2)14-24(36)28(21,26)32;1-24-8-7-17(32)10-20(24)21(29)11-19-18-9-14-13-31(16-5-3-15(28)4-6-16)36-27(14,23(34)35)25(18,2)12-22(33)26(19,24)30;3-1-2-4/h3-8,12,16,20-21,23-24,36H,10-11,13-15H2,1-2H3;3-8,10,14,18-19,21-22,33H,9,11-13H2,1-2H3,(H,34,35);1H2/t16-,20-,21-,23-,24-,26-,27-,28-,29-;14-,18-,19-,21-,22-,24-,25-,26-,27-;/m00./s1. The third-order valence-corrected chi connectivity index (χ3v) is 22.0. The summed E-state index contributed by atoms with van der Waals surface area (Å²) in [6.07, 6.45) is 1.40. The summed E-state index contributed by atoms with van der Waals surface area (Å²) in [7, 11) is 0. The van der Waals surface area contributed by atoms with Gasteiger partial charge in [-0.25, -0.2) is 22.4 Å². The molecule has 3 N–H and O–H groups in total. The van der Waals surface area contributed by atoms with Crippen molar-refractivity contribution >= 4 is 84.9 Å². The van der Waals surface area contributed by atoms with Crippen molar-refractivity contribution in [3.8, 4) is 12.1 Å². The monoisotopic (exact) mass is 1210 g/mol. The second-order valence-corrected chi connectivity index (χ2v) is 26.0. The Bertz CT molecular complexity index is 3090. The van der Waals surface area contributed by atoms with Crippen LogP contribution in [0.5, 0.6) is 0 Å². The number of rotatable bonds is 5. The van der Waals surface area contributed by atoms with Crippen molar-refractivity contribution < 1.29 is 61.7 Å². The van der Waals surface area contributed by atoms with Crippen LogP contribution in [0.25, 0.3) is 0 Å². The van der Waals surface area contributed by atoms with Crippen molar-refractivity contribution in [3.05, 3.63) is 106 Å². The van der Waals surface area contributed by atoms with Crippen molar-refractivity contribution in [2.45, 2.75) is 113 Å². The molecular formula is C58H59BrCl2F4N4O9S. The van der Waals surface area contributed by atoms with Crippen LogP contribution in [0, 0.1) is 79.8 Å². The fourth-order valence-electron chi connectivity index (χ4n) is 16.9. The zero-order valence-corrected chi connectivity index (χ0v) is 47.5. The Kier molecular flexibility index (Phi) is 14.7. The number of hydrogen-bond donors (Lipinski definition) is 3. The Labute approximate surface area is 477 Å². The van der Waals surface area contributed by atoms with Crippen molar-refractivity contribution in [3.63, 3.8) is 0 Å². The van der Waals surface area contributed by atoms with Gasteiger partial charge in [0.15, 0.2) is 28.5 Å². The van der Waals surface area contributed by atoms with Gasteiger partial charge >= 0.3 is 5.97 Å². The minimum Gasteiger partial charge on any atom is -0.479 e. The molecule has 2 heterocycles. The molecule has 2 aliphatic heterocycles. The number of aliphatic carboxylic acids is 1. The van der Waals surface area contributed by atoms with Crippen LogP contribution in [0.2, 0.25) is 10.0 Å². The fourth-order valence-corrected chi connectivity index (χ4v) is 18.0. The zero-order chi connectivity index (χ0) is 57.2. The van der Waals surface area contributed by atoms with Crippen LogP contribution in [-0.4, -0.2) is 109 Å². The average Bonchev–Trinajstić information content (AvgIpc) is 3.71. The molecule has 6 saturated carbocycles. The number of aliphatic hydroxyl groups excluding tert-OH is 2. The molecule has 2 aromatic rings. The number of carboxylic acids is 1. The first kappa shape index (κ1) is 57.7. The normalized spacial score (nSPS) is 43.5. The number of anilines is 2. The number of aliphatic hydroxyl groups is 2. The maximum Gasteiger partial charge on any atom is 0.339 e. The van der Waals surface area contributed by atoms with E-state index in [2.05, 4.69) is 15.9 Å². The number of benzene rings is 2. The fraction of sp³-hybridized carbons (Fsp3) is 0.552. The predicted molar refractivity (Wildman–Crippen MR) is 290 cm³/mol. The summed E-state index contributed by atoms with van der Waals surface area (Å²) in [5, 5.41) is 54.8. The number of alkyl halides is 5. The van der Waals surface area contributed by atoms with E-state index < -0.39 is 116 Å². The number of carbonyl (C=O) groups excluding carboxylic acids is 3. The van der Waals surface area contributed by atoms with Gasteiger partial charge in [-0.3, -0.25) is 34.2 Å². The summed E-state index contributed by atoms with van der Waals surface area (Å²) in [5.41, 5.74) is -11.4. The molecule has 0 amide bonds. The molecule has 13 nitrogen and oxygen atoms in total. The third-order valence-electron chi connectivity index (χ3n) is 20.4. The highest BCUT2D eigenvalue weighted by molar-refractivity contribution is 9.09. The van der Waals surface area contributed by atoms with Gasteiger partial charge in [-0.05, 0) is 148 Å². The Morgan fingerprint density at radius 3 is 1.48 bits per heavy atom. The van der Waals surface area contributed by atoms with E-state index in [-0.39, 0.29) is 60.2 Å². The lowest BCUT2D eigenvalue weighted by Gasteiger charge is -2.63.